The number of likely N-dealkylation sites (N-methyl/N-ethyl adjacent to an activating group) is 1. The van der Waals surface area contributed by atoms with Gasteiger partial charge in [-0.15, -0.1) is 11.3 Å². The predicted molar refractivity (Wildman–Crippen MR) is 116 cm³/mol. The number of carboxylic acid groups (broad SMARTS) is 1. The molecule has 2 aliphatic rings. The topological polar surface area (TPSA) is 108 Å². The van der Waals surface area contributed by atoms with Gasteiger partial charge in [-0.25, -0.2) is 9.48 Å². The molecule has 0 aliphatic carbocycles. The molecule has 1 aromatic carbocycles. The van der Waals surface area contributed by atoms with Gasteiger partial charge in [0.05, 0.1) is 12.1 Å². The van der Waals surface area contributed by atoms with Crippen LogP contribution in [-0.4, -0.2) is 57.7 Å². The van der Waals surface area contributed by atoms with Crippen molar-refractivity contribution in [1.82, 2.24) is 14.7 Å². The van der Waals surface area contributed by atoms with Gasteiger partial charge >= 0.3 is 5.97 Å². The molecular weight excluding hydrogens is 418 g/mol. The van der Waals surface area contributed by atoms with E-state index in [2.05, 4.69) is 21.4 Å². The van der Waals surface area contributed by atoms with Crippen LogP contribution in [0.5, 0.6) is 0 Å². The fourth-order valence-corrected chi connectivity index (χ4v) is 4.66. The number of fused-ring (bicyclic) bond motifs is 2. The number of aromatic carboxylic acids is 1. The van der Waals surface area contributed by atoms with Gasteiger partial charge in [0.2, 0.25) is 0 Å². The number of aromatic nitrogens is 2. The zero-order valence-electron chi connectivity index (χ0n) is 16.7. The van der Waals surface area contributed by atoms with Crippen LogP contribution in [0.15, 0.2) is 35.7 Å². The van der Waals surface area contributed by atoms with Crippen molar-refractivity contribution in [3.8, 4) is 0 Å². The first kappa shape index (κ1) is 19.3. The summed E-state index contributed by atoms with van der Waals surface area (Å²) in [6.07, 6.45) is 0.818. The summed E-state index contributed by atoms with van der Waals surface area (Å²) in [6, 6.07) is 9.02. The van der Waals surface area contributed by atoms with E-state index in [0.29, 0.717) is 18.9 Å². The maximum atomic E-state index is 12.5. The minimum Gasteiger partial charge on any atom is -0.477 e. The third-order valence-electron chi connectivity index (χ3n) is 5.58. The predicted octanol–water partition coefficient (Wildman–Crippen LogP) is 2.67. The summed E-state index contributed by atoms with van der Waals surface area (Å²) in [5, 5.41) is 17.7. The van der Waals surface area contributed by atoms with Crippen LogP contribution < -0.4 is 10.2 Å². The highest BCUT2D eigenvalue weighted by Gasteiger charge is 2.27. The van der Waals surface area contributed by atoms with Crippen molar-refractivity contribution in [3.63, 3.8) is 0 Å². The summed E-state index contributed by atoms with van der Waals surface area (Å²) >= 11 is 1.01. The van der Waals surface area contributed by atoms with Gasteiger partial charge in [-0.05, 0) is 36.2 Å². The second kappa shape index (κ2) is 7.24. The summed E-state index contributed by atoms with van der Waals surface area (Å²) < 4.78 is 1.82. The molecule has 2 aromatic heterocycles. The smallest absolute Gasteiger partial charge is 0.345 e. The molecule has 0 saturated carbocycles. The zero-order valence-corrected chi connectivity index (χ0v) is 17.5. The van der Waals surface area contributed by atoms with Gasteiger partial charge in [-0.3, -0.25) is 9.59 Å². The number of thiophene rings is 1. The quantitative estimate of drug-likeness (QED) is 0.650. The van der Waals surface area contributed by atoms with Gasteiger partial charge in [0.15, 0.2) is 5.82 Å². The Balaban J connectivity index is 1.36. The molecule has 10 heteroatoms. The molecule has 158 valence electrons. The van der Waals surface area contributed by atoms with Crippen LogP contribution in [-0.2, 0) is 13.0 Å². The van der Waals surface area contributed by atoms with Crippen LogP contribution in [0, 0.1) is 0 Å². The summed E-state index contributed by atoms with van der Waals surface area (Å²) in [5.41, 5.74) is 3.06. The first-order valence-corrected chi connectivity index (χ1v) is 10.7. The van der Waals surface area contributed by atoms with Crippen LogP contribution in [0.2, 0.25) is 0 Å². The zero-order chi connectivity index (χ0) is 21.7. The number of nitrogens with zero attached hydrogens (tertiary/aromatic N) is 4. The lowest BCUT2D eigenvalue weighted by atomic mass is 9.98. The van der Waals surface area contributed by atoms with Crippen molar-refractivity contribution in [2.45, 2.75) is 13.0 Å². The first-order valence-electron chi connectivity index (χ1n) is 9.77. The second-order valence-electron chi connectivity index (χ2n) is 7.54. The van der Waals surface area contributed by atoms with Crippen molar-refractivity contribution >= 4 is 46.4 Å². The maximum absolute atomic E-state index is 12.5. The molecule has 3 aromatic rings. The van der Waals surface area contributed by atoms with Gasteiger partial charge in [0.1, 0.15) is 10.7 Å². The number of carboxylic acids is 1. The minimum absolute atomic E-state index is 0.0451. The Labute approximate surface area is 181 Å². The highest BCUT2D eigenvalue weighted by Crippen LogP contribution is 2.34. The number of rotatable bonds is 4. The number of hydrogen-bond acceptors (Lipinski definition) is 6. The number of amides is 2. The average molecular weight is 437 g/mol. The van der Waals surface area contributed by atoms with Gasteiger partial charge in [-0.2, -0.15) is 5.10 Å². The Kier molecular flexibility index (Phi) is 4.51. The van der Waals surface area contributed by atoms with E-state index in [4.69, 9.17) is 5.11 Å². The summed E-state index contributed by atoms with van der Waals surface area (Å²) in [6.45, 7) is 2.12. The molecule has 2 N–H and O–H groups in total. The molecule has 31 heavy (non-hydrogen) atoms. The number of benzene rings is 1. The van der Waals surface area contributed by atoms with E-state index in [-0.39, 0.29) is 16.3 Å². The SMILES string of the molecule is CN1CCc2cc(N3CCn4nc(NC(=O)c5csc(C(=O)O)c5)cc43)ccc2C1=O. The van der Waals surface area contributed by atoms with Crippen LogP contribution in [0.25, 0.3) is 0 Å². The fraction of sp³-hybridized carbons (Fsp3) is 0.238. The molecule has 2 amide bonds. The van der Waals surface area contributed by atoms with E-state index in [1.807, 2.05) is 23.9 Å². The van der Waals surface area contributed by atoms with Crippen molar-refractivity contribution in [1.29, 1.82) is 0 Å². The molecule has 0 atom stereocenters. The monoisotopic (exact) mass is 437 g/mol. The molecule has 0 unspecified atom stereocenters. The lowest BCUT2D eigenvalue weighted by Crippen LogP contribution is -2.34. The molecular formula is C21H19N5O4S. The van der Waals surface area contributed by atoms with E-state index < -0.39 is 11.9 Å². The van der Waals surface area contributed by atoms with Crippen molar-refractivity contribution in [2.24, 2.45) is 0 Å². The normalized spacial score (nSPS) is 15.1. The first-order chi connectivity index (χ1) is 14.9. The molecule has 0 radical (unpaired) electrons. The molecule has 5 rings (SSSR count). The van der Waals surface area contributed by atoms with Crippen LogP contribution in [0.1, 0.15) is 36.0 Å². The number of nitrogens with one attached hydrogen (secondary N) is 1. The molecule has 0 fully saturated rings. The Bertz CT molecular complexity index is 1230. The minimum atomic E-state index is -1.06. The fourth-order valence-electron chi connectivity index (χ4n) is 3.94. The summed E-state index contributed by atoms with van der Waals surface area (Å²) in [4.78, 5) is 39.8. The lowest BCUT2D eigenvalue weighted by Gasteiger charge is -2.26. The molecule has 0 bridgehead atoms. The van der Waals surface area contributed by atoms with E-state index in [9.17, 15) is 14.4 Å². The molecule has 4 heterocycles. The van der Waals surface area contributed by atoms with Crippen LogP contribution >= 0.6 is 11.3 Å². The average Bonchev–Trinajstić information content (AvgIpc) is 3.46. The van der Waals surface area contributed by atoms with Crippen LogP contribution in [0.4, 0.5) is 17.3 Å². The summed E-state index contributed by atoms with van der Waals surface area (Å²) in [5.74, 6) is -0.153. The Hall–Kier alpha value is -3.66. The highest BCUT2D eigenvalue weighted by atomic mass is 32.1. The Morgan fingerprint density at radius 3 is 2.77 bits per heavy atom. The Morgan fingerprint density at radius 2 is 2.00 bits per heavy atom. The van der Waals surface area contributed by atoms with E-state index in [1.165, 1.54) is 11.4 Å². The van der Waals surface area contributed by atoms with Gasteiger partial charge in [0, 0.05) is 42.8 Å². The van der Waals surface area contributed by atoms with Crippen molar-refractivity contribution < 1.29 is 19.5 Å². The van der Waals surface area contributed by atoms with Crippen molar-refractivity contribution in [2.75, 3.05) is 30.4 Å². The maximum Gasteiger partial charge on any atom is 0.345 e. The molecule has 2 aliphatic heterocycles. The van der Waals surface area contributed by atoms with Gasteiger partial charge in [-0.1, -0.05) is 0 Å². The molecule has 0 spiro atoms. The van der Waals surface area contributed by atoms with Gasteiger partial charge in [0.25, 0.3) is 11.8 Å². The van der Waals surface area contributed by atoms with Gasteiger partial charge < -0.3 is 20.2 Å². The van der Waals surface area contributed by atoms with Crippen molar-refractivity contribution in [3.05, 3.63) is 57.3 Å². The standard InChI is InChI=1S/C21H19N5O4S/c1-24-5-4-12-8-14(2-3-15(12)20(24)28)25-6-7-26-18(25)10-17(23-26)22-19(27)13-9-16(21(29)30)31-11-13/h2-3,8-11H,4-7H2,1H3,(H,29,30)(H,22,23,27). The third kappa shape index (κ3) is 3.34. The number of carbonyl (C=O) groups excluding carboxylic acids is 2. The number of carbonyl (C=O) groups is 3. The number of anilines is 3. The largest absolute Gasteiger partial charge is 0.477 e. The summed E-state index contributed by atoms with van der Waals surface area (Å²) in [7, 11) is 1.81. The number of hydrogen-bond donors (Lipinski definition) is 2. The Morgan fingerprint density at radius 1 is 1.16 bits per heavy atom. The lowest BCUT2D eigenvalue weighted by molar-refractivity contribution is 0.0701. The van der Waals surface area contributed by atoms with E-state index in [1.54, 1.807) is 11.0 Å². The van der Waals surface area contributed by atoms with E-state index in [0.717, 1.165) is 46.9 Å². The van der Waals surface area contributed by atoms with Crippen LogP contribution in [0.3, 0.4) is 0 Å². The third-order valence-corrected chi connectivity index (χ3v) is 6.50. The molecule has 9 nitrogen and oxygen atoms in total. The van der Waals surface area contributed by atoms with E-state index >= 15 is 0 Å². The molecule has 0 saturated heterocycles. The highest BCUT2D eigenvalue weighted by molar-refractivity contribution is 7.12. The second-order valence-corrected chi connectivity index (χ2v) is 8.45.